The van der Waals surface area contributed by atoms with Gasteiger partial charge in [-0.15, -0.1) is 11.3 Å². The number of benzene rings is 1. The quantitative estimate of drug-likeness (QED) is 0.570. The smallest absolute Gasteiger partial charge is 0.128 e. The Bertz CT molecular complexity index is 710. The summed E-state index contributed by atoms with van der Waals surface area (Å²) in [6.07, 6.45) is 1.73. The Hall–Kier alpha value is -1.82. The van der Waals surface area contributed by atoms with Crippen LogP contribution in [-0.4, -0.2) is 4.98 Å². The molecule has 2 aromatic heterocycles. The average molecular weight is 273 g/mol. The highest BCUT2D eigenvalue weighted by atomic mass is 32.1. The number of hydrogen-bond donors (Lipinski definition) is 2. The lowest BCUT2D eigenvalue weighted by molar-refractivity contribution is 0.560. The number of nitrogens with two attached hydrogens (primary N) is 1. The fraction of sp³-hybridized carbons (Fsp3) is 0.0714. The molecular weight excluding hydrogens is 261 g/mol. The predicted octanol–water partition coefficient (Wildman–Crippen LogP) is 2.99. The molecular formula is C14H12FN3S. The van der Waals surface area contributed by atoms with E-state index in [-0.39, 0.29) is 5.82 Å². The zero-order valence-corrected chi connectivity index (χ0v) is 10.8. The zero-order valence-electron chi connectivity index (χ0n) is 10.0. The summed E-state index contributed by atoms with van der Waals surface area (Å²) in [5.74, 6) is 5.30. The average Bonchev–Trinajstić information content (AvgIpc) is 2.89. The van der Waals surface area contributed by atoms with Gasteiger partial charge >= 0.3 is 0 Å². The third kappa shape index (κ3) is 2.23. The fourth-order valence-electron chi connectivity index (χ4n) is 2.09. The molecule has 3 N–H and O–H groups in total. The number of halogens is 1. The van der Waals surface area contributed by atoms with E-state index in [1.165, 1.54) is 6.07 Å². The van der Waals surface area contributed by atoms with Gasteiger partial charge < -0.3 is 0 Å². The summed E-state index contributed by atoms with van der Waals surface area (Å²) < 4.78 is 14.9. The van der Waals surface area contributed by atoms with Crippen molar-refractivity contribution in [1.29, 1.82) is 0 Å². The Morgan fingerprint density at radius 2 is 2.11 bits per heavy atom. The molecule has 0 aliphatic rings. The topological polar surface area (TPSA) is 50.9 Å². The molecule has 3 nitrogen and oxygen atoms in total. The van der Waals surface area contributed by atoms with Crippen molar-refractivity contribution in [2.45, 2.75) is 6.04 Å². The van der Waals surface area contributed by atoms with Crippen LogP contribution in [0.4, 0.5) is 4.39 Å². The van der Waals surface area contributed by atoms with E-state index < -0.39 is 6.04 Å². The molecule has 0 amide bonds. The van der Waals surface area contributed by atoms with Gasteiger partial charge in [0.2, 0.25) is 0 Å². The molecule has 3 rings (SSSR count). The maximum Gasteiger partial charge on any atom is 0.128 e. The highest BCUT2D eigenvalue weighted by Crippen LogP contribution is 2.27. The summed E-state index contributed by atoms with van der Waals surface area (Å²) in [4.78, 5) is 4.36. The number of nitrogens with one attached hydrogen (secondary N) is 1. The molecule has 0 saturated heterocycles. The lowest BCUT2D eigenvalue weighted by Gasteiger charge is -2.17. The minimum atomic E-state index is -0.403. The number of nitrogens with zero attached hydrogens (tertiary/aromatic N) is 1. The van der Waals surface area contributed by atoms with Crippen LogP contribution in [0.5, 0.6) is 0 Å². The highest BCUT2D eigenvalue weighted by molar-refractivity contribution is 7.17. The van der Waals surface area contributed by atoms with E-state index in [1.54, 1.807) is 35.7 Å². The largest absolute Gasteiger partial charge is 0.271 e. The molecule has 1 unspecified atom stereocenters. The molecule has 0 aliphatic carbocycles. The molecule has 0 aliphatic heterocycles. The summed E-state index contributed by atoms with van der Waals surface area (Å²) >= 11 is 1.60. The summed E-state index contributed by atoms with van der Waals surface area (Å²) in [5.41, 5.74) is 4.97. The van der Waals surface area contributed by atoms with E-state index in [0.29, 0.717) is 5.56 Å². The van der Waals surface area contributed by atoms with Crippen molar-refractivity contribution in [3.05, 3.63) is 64.9 Å². The molecule has 19 heavy (non-hydrogen) atoms. The molecule has 1 atom stereocenters. The minimum Gasteiger partial charge on any atom is -0.271 e. The Balaban J connectivity index is 2.09. The zero-order chi connectivity index (χ0) is 13.2. The van der Waals surface area contributed by atoms with Crippen molar-refractivity contribution in [2.75, 3.05) is 0 Å². The van der Waals surface area contributed by atoms with Crippen LogP contribution >= 0.6 is 11.3 Å². The maximum atomic E-state index is 13.9. The predicted molar refractivity (Wildman–Crippen MR) is 75.2 cm³/mol. The minimum absolute atomic E-state index is 0.281. The first-order valence-corrected chi connectivity index (χ1v) is 6.71. The number of pyridine rings is 1. The van der Waals surface area contributed by atoms with Crippen molar-refractivity contribution in [2.24, 2.45) is 5.84 Å². The van der Waals surface area contributed by atoms with Crippen LogP contribution in [0.2, 0.25) is 0 Å². The second kappa shape index (κ2) is 5.05. The first kappa shape index (κ1) is 12.2. The second-order valence-corrected chi connectivity index (χ2v) is 5.14. The third-order valence-electron chi connectivity index (χ3n) is 3.04. The van der Waals surface area contributed by atoms with E-state index in [0.717, 1.165) is 15.8 Å². The number of aromatic nitrogens is 1. The fourth-order valence-corrected chi connectivity index (χ4v) is 2.88. The Morgan fingerprint density at radius 1 is 1.26 bits per heavy atom. The molecule has 2 heterocycles. The van der Waals surface area contributed by atoms with Gasteiger partial charge in [0.1, 0.15) is 5.82 Å². The van der Waals surface area contributed by atoms with E-state index >= 15 is 0 Å². The van der Waals surface area contributed by atoms with E-state index in [4.69, 9.17) is 5.84 Å². The van der Waals surface area contributed by atoms with Gasteiger partial charge in [0, 0.05) is 11.8 Å². The van der Waals surface area contributed by atoms with Gasteiger partial charge in [0.15, 0.2) is 0 Å². The molecule has 0 fully saturated rings. The molecule has 1 aromatic carbocycles. The van der Waals surface area contributed by atoms with Gasteiger partial charge in [0.05, 0.1) is 16.3 Å². The number of fused-ring (bicyclic) bond motifs is 1. The SMILES string of the molecule is NNC(c1cnc2ccsc2c1)c1ccccc1F. The van der Waals surface area contributed by atoms with E-state index in [2.05, 4.69) is 10.4 Å². The van der Waals surface area contributed by atoms with Crippen molar-refractivity contribution < 1.29 is 4.39 Å². The number of hydrogen-bond acceptors (Lipinski definition) is 4. The monoisotopic (exact) mass is 273 g/mol. The van der Waals surface area contributed by atoms with Crippen LogP contribution in [0.15, 0.2) is 48.0 Å². The van der Waals surface area contributed by atoms with Gasteiger partial charge in [0.25, 0.3) is 0 Å². The Kier molecular flexibility index (Phi) is 3.25. The molecule has 0 bridgehead atoms. The first-order valence-electron chi connectivity index (χ1n) is 5.83. The van der Waals surface area contributed by atoms with Crippen LogP contribution in [0.1, 0.15) is 17.2 Å². The van der Waals surface area contributed by atoms with Crippen molar-refractivity contribution in [1.82, 2.24) is 10.4 Å². The normalized spacial score (nSPS) is 12.7. The number of hydrazine groups is 1. The van der Waals surface area contributed by atoms with Gasteiger partial charge in [-0.3, -0.25) is 10.8 Å². The maximum absolute atomic E-state index is 13.9. The molecule has 0 radical (unpaired) electrons. The van der Waals surface area contributed by atoms with Crippen LogP contribution < -0.4 is 11.3 Å². The summed E-state index contributed by atoms with van der Waals surface area (Å²) in [5, 5.41) is 1.98. The van der Waals surface area contributed by atoms with Gasteiger partial charge in [-0.1, -0.05) is 18.2 Å². The molecule has 0 saturated carbocycles. The Morgan fingerprint density at radius 3 is 2.89 bits per heavy atom. The van der Waals surface area contributed by atoms with Crippen LogP contribution in [0.3, 0.4) is 0 Å². The van der Waals surface area contributed by atoms with Crippen LogP contribution in [0.25, 0.3) is 10.2 Å². The van der Waals surface area contributed by atoms with Gasteiger partial charge in [-0.05, 0) is 29.1 Å². The molecule has 5 heteroatoms. The van der Waals surface area contributed by atoms with Crippen molar-refractivity contribution in [3.63, 3.8) is 0 Å². The van der Waals surface area contributed by atoms with Gasteiger partial charge in [-0.25, -0.2) is 9.82 Å². The second-order valence-electron chi connectivity index (χ2n) is 4.19. The van der Waals surface area contributed by atoms with Crippen molar-refractivity contribution in [3.8, 4) is 0 Å². The van der Waals surface area contributed by atoms with Crippen LogP contribution in [-0.2, 0) is 0 Å². The lowest BCUT2D eigenvalue weighted by Crippen LogP contribution is -2.29. The highest BCUT2D eigenvalue weighted by Gasteiger charge is 2.17. The lowest BCUT2D eigenvalue weighted by atomic mass is 10.0. The first-order chi connectivity index (χ1) is 9.29. The molecule has 96 valence electrons. The number of thiophene rings is 1. The summed E-state index contributed by atoms with van der Waals surface area (Å²) in [7, 11) is 0. The van der Waals surface area contributed by atoms with Crippen molar-refractivity contribution >= 4 is 21.6 Å². The Labute approximate surface area is 113 Å². The standard InChI is InChI=1S/C14H12FN3S/c15-11-4-2-1-3-10(11)14(18-16)9-7-13-12(17-8-9)5-6-19-13/h1-8,14,18H,16H2. The van der Waals surface area contributed by atoms with Gasteiger partial charge in [-0.2, -0.15) is 0 Å². The summed E-state index contributed by atoms with van der Waals surface area (Å²) in [6.45, 7) is 0. The van der Waals surface area contributed by atoms with E-state index in [9.17, 15) is 4.39 Å². The molecule has 3 aromatic rings. The number of rotatable bonds is 3. The van der Waals surface area contributed by atoms with E-state index in [1.807, 2.05) is 17.5 Å². The summed E-state index contributed by atoms with van der Waals surface area (Å²) in [6, 6.07) is 10.1. The third-order valence-corrected chi connectivity index (χ3v) is 3.89. The van der Waals surface area contributed by atoms with Crippen LogP contribution in [0, 0.1) is 5.82 Å². The molecule has 0 spiro atoms.